The lowest BCUT2D eigenvalue weighted by Gasteiger charge is -1.94. The highest BCUT2D eigenvalue weighted by molar-refractivity contribution is 5.50. The van der Waals surface area contributed by atoms with Crippen molar-refractivity contribution < 1.29 is 9.72 Å². The van der Waals surface area contributed by atoms with Crippen molar-refractivity contribution in [1.29, 1.82) is 0 Å². The van der Waals surface area contributed by atoms with Gasteiger partial charge in [0.25, 0.3) is 0 Å². The second-order valence-corrected chi connectivity index (χ2v) is 2.63. The third-order valence-corrected chi connectivity index (χ3v) is 1.77. The largest absolute Gasteiger partial charge is 0.312 e. The van der Waals surface area contributed by atoms with Gasteiger partial charge in [0.15, 0.2) is 0 Å². The van der Waals surface area contributed by atoms with E-state index in [2.05, 4.69) is 5.10 Å². The molecule has 0 aliphatic heterocycles. The normalized spacial score (nSPS) is 10.0. The molecule has 0 N–H and O–H groups in total. The van der Waals surface area contributed by atoms with Gasteiger partial charge in [0.05, 0.1) is 11.5 Å². The molecule has 0 fully saturated rings. The molecule has 1 aromatic rings. The van der Waals surface area contributed by atoms with Gasteiger partial charge in [-0.3, -0.25) is 14.8 Å². The molecule has 0 atom stereocenters. The van der Waals surface area contributed by atoms with Gasteiger partial charge < -0.3 is 4.79 Å². The molecule has 0 amide bonds. The van der Waals surface area contributed by atoms with Gasteiger partial charge in [0.1, 0.15) is 17.7 Å². The second kappa shape index (κ2) is 3.34. The fraction of sp³-hybridized carbons (Fsp3) is 0.429. The van der Waals surface area contributed by atoms with Crippen molar-refractivity contribution in [2.24, 2.45) is 0 Å². The number of carbonyl (C=O) groups is 1. The van der Waals surface area contributed by atoms with Gasteiger partial charge in [-0.2, -0.15) is 5.10 Å². The molecule has 1 rings (SSSR count). The van der Waals surface area contributed by atoms with Crippen LogP contribution >= 0.6 is 0 Å². The van der Waals surface area contributed by atoms with Crippen LogP contribution in [0.2, 0.25) is 0 Å². The Bertz CT molecular complexity index is 356. The molecular formula is C7H9N3O3. The molecule has 0 unspecified atom stereocenters. The summed E-state index contributed by atoms with van der Waals surface area (Å²) in [5.41, 5.74) is 0.737. The molecule has 0 radical (unpaired) electrons. The minimum absolute atomic E-state index is 0.0122. The number of aldehydes is 1. The molecule has 1 heterocycles. The van der Waals surface area contributed by atoms with Gasteiger partial charge in [0, 0.05) is 0 Å². The lowest BCUT2D eigenvalue weighted by molar-refractivity contribution is -0.386. The topological polar surface area (TPSA) is 78.0 Å². The van der Waals surface area contributed by atoms with Gasteiger partial charge in [0.2, 0.25) is 0 Å². The maximum atomic E-state index is 10.5. The Kier molecular flexibility index (Phi) is 2.41. The van der Waals surface area contributed by atoms with Crippen molar-refractivity contribution in [3.05, 3.63) is 21.5 Å². The van der Waals surface area contributed by atoms with E-state index in [0.29, 0.717) is 17.7 Å². The van der Waals surface area contributed by atoms with Gasteiger partial charge in [-0.05, 0) is 13.8 Å². The minimum Gasteiger partial charge on any atom is -0.301 e. The Morgan fingerprint density at radius 2 is 2.23 bits per heavy atom. The Balaban J connectivity index is 3.21. The van der Waals surface area contributed by atoms with E-state index in [4.69, 9.17) is 0 Å². The first-order valence-corrected chi connectivity index (χ1v) is 3.70. The van der Waals surface area contributed by atoms with Crippen molar-refractivity contribution in [3.63, 3.8) is 0 Å². The van der Waals surface area contributed by atoms with E-state index in [9.17, 15) is 14.9 Å². The molecule has 0 bridgehead atoms. The Morgan fingerprint density at radius 3 is 2.62 bits per heavy atom. The first-order valence-electron chi connectivity index (χ1n) is 3.70. The summed E-state index contributed by atoms with van der Waals surface area (Å²) in [5, 5.41) is 14.4. The van der Waals surface area contributed by atoms with E-state index in [0.717, 1.165) is 0 Å². The first kappa shape index (κ1) is 9.37. The fourth-order valence-corrected chi connectivity index (χ4v) is 1.20. The molecule has 0 aliphatic rings. The van der Waals surface area contributed by atoms with Crippen LogP contribution in [0.3, 0.4) is 0 Å². The van der Waals surface area contributed by atoms with Gasteiger partial charge in [-0.15, -0.1) is 0 Å². The smallest absolute Gasteiger partial charge is 0.301 e. The molecule has 6 heteroatoms. The molecule has 13 heavy (non-hydrogen) atoms. The predicted octanol–water partition coefficient (Wildman–Crippen LogP) is 0.607. The summed E-state index contributed by atoms with van der Waals surface area (Å²) in [6, 6.07) is 0. The maximum Gasteiger partial charge on any atom is 0.312 e. The quantitative estimate of drug-likeness (QED) is 0.390. The van der Waals surface area contributed by atoms with Gasteiger partial charge in [-0.25, -0.2) is 0 Å². The number of rotatable bonds is 3. The van der Waals surface area contributed by atoms with Crippen LogP contribution in [-0.2, 0) is 11.3 Å². The van der Waals surface area contributed by atoms with E-state index >= 15 is 0 Å². The van der Waals surface area contributed by atoms with Gasteiger partial charge >= 0.3 is 5.69 Å². The summed E-state index contributed by atoms with van der Waals surface area (Å²) in [6.07, 6.45) is 0.656. The zero-order valence-electron chi connectivity index (χ0n) is 7.35. The van der Waals surface area contributed by atoms with E-state index in [1.54, 1.807) is 13.8 Å². The Labute approximate surface area is 74.3 Å². The number of hydrogen-bond acceptors (Lipinski definition) is 4. The molecule has 0 saturated carbocycles. The standard InChI is InChI=1S/C7H9N3O3/c1-5-7(10(12)13)6(2)9(8-5)3-4-11/h4H,3H2,1-2H3. The highest BCUT2D eigenvalue weighted by atomic mass is 16.6. The van der Waals surface area contributed by atoms with Crippen LogP contribution in [0.25, 0.3) is 0 Å². The predicted molar refractivity (Wildman–Crippen MR) is 44.4 cm³/mol. The van der Waals surface area contributed by atoms with Crippen molar-refractivity contribution >= 4 is 12.0 Å². The average Bonchev–Trinajstić information content (AvgIpc) is 2.28. The van der Waals surface area contributed by atoms with E-state index in [1.807, 2.05) is 0 Å². The van der Waals surface area contributed by atoms with E-state index < -0.39 is 4.92 Å². The highest BCUT2D eigenvalue weighted by Crippen LogP contribution is 2.21. The lowest BCUT2D eigenvalue weighted by Crippen LogP contribution is -2.03. The summed E-state index contributed by atoms with van der Waals surface area (Å²) in [4.78, 5) is 20.2. The number of aryl methyl sites for hydroxylation is 1. The molecule has 0 saturated heterocycles. The third kappa shape index (κ3) is 1.56. The van der Waals surface area contributed by atoms with Crippen LogP contribution in [0.1, 0.15) is 11.4 Å². The SMILES string of the molecule is Cc1nn(CC=O)c(C)c1[N+](=O)[O-]. The maximum absolute atomic E-state index is 10.5. The molecule has 0 aromatic carbocycles. The van der Waals surface area contributed by atoms with Crippen LogP contribution < -0.4 is 0 Å². The van der Waals surface area contributed by atoms with Crippen molar-refractivity contribution in [1.82, 2.24) is 9.78 Å². The van der Waals surface area contributed by atoms with Crippen molar-refractivity contribution in [3.8, 4) is 0 Å². The summed E-state index contributed by atoms with van der Waals surface area (Å²) in [6.45, 7) is 3.18. The highest BCUT2D eigenvalue weighted by Gasteiger charge is 2.20. The summed E-state index contributed by atoms with van der Waals surface area (Å²) < 4.78 is 1.32. The van der Waals surface area contributed by atoms with Crippen LogP contribution in [-0.4, -0.2) is 21.0 Å². The second-order valence-electron chi connectivity index (χ2n) is 2.63. The monoisotopic (exact) mass is 183 g/mol. The summed E-state index contributed by atoms with van der Waals surface area (Å²) >= 11 is 0. The molecule has 0 spiro atoms. The molecule has 1 aromatic heterocycles. The first-order chi connectivity index (χ1) is 6.07. The molecule has 70 valence electrons. The number of hydrogen-bond donors (Lipinski definition) is 0. The average molecular weight is 183 g/mol. The van der Waals surface area contributed by atoms with E-state index in [1.165, 1.54) is 4.68 Å². The summed E-state index contributed by atoms with van der Waals surface area (Å²) in [5.74, 6) is 0. The van der Waals surface area contributed by atoms with Crippen LogP contribution in [0.15, 0.2) is 0 Å². The zero-order chi connectivity index (χ0) is 10.0. The lowest BCUT2D eigenvalue weighted by atomic mass is 10.3. The number of nitrogens with zero attached hydrogens (tertiary/aromatic N) is 3. The molecule has 6 nitrogen and oxygen atoms in total. The number of nitro groups is 1. The van der Waals surface area contributed by atoms with Gasteiger partial charge in [-0.1, -0.05) is 0 Å². The van der Waals surface area contributed by atoms with Crippen molar-refractivity contribution in [2.75, 3.05) is 0 Å². The number of aromatic nitrogens is 2. The Hall–Kier alpha value is -1.72. The number of carbonyl (C=O) groups excluding carboxylic acids is 1. The third-order valence-electron chi connectivity index (χ3n) is 1.77. The zero-order valence-corrected chi connectivity index (χ0v) is 7.35. The van der Waals surface area contributed by atoms with Crippen LogP contribution in [0.5, 0.6) is 0 Å². The summed E-state index contributed by atoms with van der Waals surface area (Å²) in [7, 11) is 0. The van der Waals surface area contributed by atoms with Crippen LogP contribution in [0, 0.1) is 24.0 Å². The van der Waals surface area contributed by atoms with Crippen LogP contribution in [0.4, 0.5) is 5.69 Å². The minimum atomic E-state index is -0.487. The molecular weight excluding hydrogens is 174 g/mol. The van der Waals surface area contributed by atoms with Crippen molar-refractivity contribution in [2.45, 2.75) is 20.4 Å². The van der Waals surface area contributed by atoms with E-state index in [-0.39, 0.29) is 12.2 Å². The fourth-order valence-electron chi connectivity index (χ4n) is 1.20. The molecule has 0 aliphatic carbocycles. The Morgan fingerprint density at radius 1 is 1.62 bits per heavy atom.